The Balaban J connectivity index is 1.74. The first kappa shape index (κ1) is 12.4. The van der Waals surface area contributed by atoms with E-state index in [1.54, 1.807) is 0 Å². The molecule has 1 aromatic carbocycles. The van der Waals surface area contributed by atoms with E-state index in [0.717, 1.165) is 37.9 Å². The van der Waals surface area contributed by atoms with Gasteiger partial charge in [-0.2, -0.15) is 4.98 Å². The third kappa shape index (κ3) is 2.54. The highest BCUT2D eigenvalue weighted by atomic mass is 16.5. The molecule has 0 saturated heterocycles. The summed E-state index contributed by atoms with van der Waals surface area (Å²) in [4.78, 5) is 4.50. The zero-order valence-corrected chi connectivity index (χ0v) is 10.9. The predicted molar refractivity (Wildman–Crippen MR) is 70.9 cm³/mol. The summed E-state index contributed by atoms with van der Waals surface area (Å²) in [5.74, 6) is 1.78. The third-order valence-corrected chi connectivity index (χ3v) is 3.73. The number of benzene rings is 1. The smallest absolute Gasteiger partial charge is 0.226 e. The van der Waals surface area contributed by atoms with E-state index in [1.807, 2.05) is 0 Å². The molecule has 1 unspecified atom stereocenters. The van der Waals surface area contributed by atoms with Gasteiger partial charge in [0.1, 0.15) is 0 Å². The summed E-state index contributed by atoms with van der Waals surface area (Å²) in [6.07, 6.45) is 4.58. The number of unbranched alkanes of at least 4 members (excludes halogenated alkanes) is 1. The van der Waals surface area contributed by atoms with Crippen molar-refractivity contribution in [2.75, 3.05) is 6.61 Å². The van der Waals surface area contributed by atoms with Gasteiger partial charge in [0, 0.05) is 18.9 Å². The molecule has 3 rings (SSSR count). The van der Waals surface area contributed by atoms with E-state index in [1.165, 1.54) is 11.1 Å². The molecule has 0 radical (unpaired) electrons. The molecule has 1 aliphatic carbocycles. The van der Waals surface area contributed by atoms with E-state index in [0.29, 0.717) is 5.89 Å². The lowest BCUT2D eigenvalue weighted by atomic mass is 10.0. The summed E-state index contributed by atoms with van der Waals surface area (Å²) in [7, 11) is 0. The summed E-state index contributed by atoms with van der Waals surface area (Å²) in [5, 5.41) is 12.9. The normalized spacial score (nSPS) is 17.6. The van der Waals surface area contributed by atoms with Crippen LogP contribution in [0.3, 0.4) is 0 Å². The Morgan fingerprint density at radius 3 is 3.05 bits per heavy atom. The SMILES string of the molecule is OCCCCc1nc(C2CCc3ccccc32)no1. The molecule has 0 amide bonds. The van der Waals surface area contributed by atoms with Gasteiger partial charge in [-0.05, 0) is 36.8 Å². The second-order valence-corrected chi connectivity index (χ2v) is 5.02. The number of rotatable bonds is 5. The number of aliphatic hydroxyl groups is 1. The number of aliphatic hydroxyl groups excluding tert-OH is 1. The van der Waals surface area contributed by atoms with Crippen molar-refractivity contribution >= 4 is 0 Å². The van der Waals surface area contributed by atoms with E-state index in [2.05, 4.69) is 34.4 Å². The predicted octanol–water partition coefficient (Wildman–Crippen LogP) is 2.46. The Labute approximate surface area is 112 Å². The topological polar surface area (TPSA) is 59.2 Å². The Kier molecular flexibility index (Phi) is 3.60. The van der Waals surface area contributed by atoms with Crippen molar-refractivity contribution in [1.29, 1.82) is 0 Å². The minimum atomic E-state index is 0.219. The summed E-state index contributed by atoms with van der Waals surface area (Å²) in [5.41, 5.74) is 2.74. The van der Waals surface area contributed by atoms with Gasteiger partial charge >= 0.3 is 0 Å². The van der Waals surface area contributed by atoms with Gasteiger partial charge in [-0.3, -0.25) is 0 Å². The van der Waals surface area contributed by atoms with Crippen molar-refractivity contribution in [3.63, 3.8) is 0 Å². The van der Waals surface area contributed by atoms with Gasteiger partial charge in [-0.25, -0.2) is 0 Å². The molecular weight excluding hydrogens is 240 g/mol. The fraction of sp³-hybridized carbons (Fsp3) is 0.467. The third-order valence-electron chi connectivity index (χ3n) is 3.73. The van der Waals surface area contributed by atoms with Gasteiger partial charge < -0.3 is 9.63 Å². The summed E-state index contributed by atoms with van der Waals surface area (Å²) in [6.45, 7) is 0.219. The van der Waals surface area contributed by atoms with Gasteiger partial charge in [-0.1, -0.05) is 29.4 Å². The molecule has 1 atom stereocenters. The van der Waals surface area contributed by atoms with E-state index in [4.69, 9.17) is 9.63 Å². The monoisotopic (exact) mass is 258 g/mol. The van der Waals surface area contributed by atoms with Crippen molar-refractivity contribution < 1.29 is 9.63 Å². The quantitative estimate of drug-likeness (QED) is 0.837. The second kappa shape index (κ2) is 5.53. The lowest BCUT2D eigenvalue weighted by molar-refractivity contribution is 0.280. The van der Waals surface area contributed by atoms with Crippen LogP contribution in [0.5, 0.6) is 0 Å². The van der Waals surface area contributed by atoms with Gasteiger partial charge in [-0.15, -0.1) is 0 Å². The first-order chi connectivity index (χ1) is 9.38. The summed E-state index contributed by atoms with van der Waals surface area (Å²) < 4.78 is 5.30. The van der Waals surface area contributed by atoms with Crippen LogP contribution < -0.4 is 0 Å². The number of hydrogen-bond donors (Lipinski definition) is 1. The molecule has 4 nitrogen and oxygen atoms in total. The van der Waals surface area contributed by atoms with Crippen LogP contribution in [-0.4, -0.2) is 21.9 Å². The molecule has 1 heterocycles. The molecule has 0 fully saturated rings. The van der Waals surface area contributed by atoms with Gasteiger partial charge in [0.05, 0.1) is 0 Å². The molecule has 1 aromatic heterocycles. The van der Waals surface area contributed by atoms with Crippen LogP contribution in [0.4, 0.5) is 0 Å². The van der Waals surface area contributed by atoms with E-state index >= 15 is 0 Å². The van der Waals surface area contributed by atoms with Crippen molar-refractivity contribution in [3.8, 4) is 0 Å². The number of nitrogens with zero attached hydrogens (tertiary/aromatic N) is 2. The molecule has 1 N–H and O–H groups in total. The number of aryl methyl sites for hydroxylation is 2. The highest BCUT2D eigenvalue weighted by Gasteiger charge is 2.27. The minimum absolute atomic E-state index is 0.219. The fourth-order valence-corrected chi connectivity index (χ4v) is 2.72. The fourth-order valence-electron chi connectivity index (χ4n) is 2.72. The minimum Gasteiger partial charge on any atom is -0.396 e. The molecular formula is C15H18N2O2. The van der Waals surface area contributed by atoms with E-state index in [-0.39, 0.29) is 12.5 Å². The van der Waals surface area contributed by atoms with Crippen LogP contribution in [0.15, 0.2) is 28.8 Å². The molecule has 1 aliphatic rings. The van der Waals surface area contributed by atoms with Crippen LogP contribution in [0.25, 0.3) is 0 Å². The molecule has 0 spiro atoms. The molecule has 2 aromatic rings. The first-order valence-corrected chi connectivity index (χ1v) is 6.89. The van der Waals surface area contributed by atoms with Gasteiger partial charge in [0.2, 0.25) is 5.89 Å². The van der Waals surface area contributed by atoms with Gasteiger partial charge in [0.25, 0.3) is 0 Å². The van der Waals surface area contributed by atoms with Crippen LogP contribution in [0.2, 0.25) is 0 Å². The Morgan fingerprint density at radius 1 is 1.26 bits per heavy atom. The number of fused-ring (bicyclic) bond motifs is 1. The van der Waals surface area contributed by atoms with Crippen LogP contribution in [-0.2, 0) is 12.8 Å². The van der Waals surface area contributed by atoms with E-state index < -0.39 is 0 Å². The molecule has 0 aliphatic heterocycles. The van der Waals surface area contributed by atoms with Crippen molar-refractivity contribution in [1.82, 2.24) is 10.1 Å². The zero-order valence-electron chi connectivity index (χ0n) is 10.9. The Hall–Kier alpha value is -1.68. The highest BCUT2D eigenvalue weighted by molar-refractivity contribution is 5.38. The van der Waals surface area contributed by atoms with Crippen molar-refractivity contribution in [3.05, 3.63) is 47.1 Å². The molecule has 4 heteroatoms. The number of aromatic nitrogens is 2. The second-order valence-electron chi connectivity index (χ2n) is 5.02. The molecule has 0 bridgehead atoms. The largest absolute Gasteiger partial charge is 0.396 e. The summed E-state index contributed by atoms with van der Waals surface area (Å²) >= 11 is 0. The maximum atomic E-state index is 8.76. The highest BCUT2D eigenvalue weighted by Crippen LogP contribution is 2.36. The standard InChI is InChI=1S/C15H18N2O2/c18-10-4-3-7-14-16-15(17-19-14)13-9-8-11-5-1-2-6-12(11)13/h1-2,5-6,13,18H,3-4,7-10H2. The maximum absolute atomic E-state index is 8.76. The lowest BCUT2D eigenvalue weighted by Gasteiger charge is -2.05. The van der Waals surface area contributed by atoms with Crippen LogP contribution in [0, 0.1) is 0 Å². The summed E-state index contributed by atoms with van der Waals surface area (Å²) in [6, 6.07) is 8.49. The maximum Gasteiger partial charge on any atom is 0.226 e. The number of hydrogen-bond acceptors (Lipinski definition) is 4. The van der Waals surface area contributed by atoms with Crippen molar-refractivity contribution in [2.24, 2.45) is 0 Å². The van der Waals surface area contributed by atoms with Gasteiger partial charge in [0.15, 0.2) is 5.82 Å². The molecule has 19 heavy (non-hydrogen) atoms. The zero-order chi connectivity index (χ0) is 13.1. The Bertz CT molecular complexity index is 551. The Morgan fingerprint density at radius 2 is 2.16 bits per heavy atom. The average Bonchev–Trinajstić information content (AvgIpc) is 3.05. The molecule has 0 saturated carbocycles. The lowest BCUT2D eigenvalue weighted by Crippen LogP contribution is -1.99. The van der Waals surface area contributed by atoms with Crippen LogP contribution >= 0.6 is 0 Å². The van der Waals surface area contributed by atoms with Crippen LogP contribution in [0.1, 0.15) is 48.0 Å². The average molecular weight is 258 g/mol. The van der Waals surface area contributed by atoms with Crippen molar-refractivity contribution in [2.45, 2.75) is 38.0 Å². The molecule has 100 valence electrons. The van der Waals surface area contributed by atoms with E-state index in [9.17, 15) is 0 Å². The first-order valence-electron chi connectivity index (χ1n) is 6.89.